The molecule has 0 saturated carbocycles. The monoisotopic (exact) mass is 495 g/mol. The molecule has 0 aliphatic carbocycles. The molecule has 2 amide bonds. The molecule has 1 atom stereocenters. The number of methoxy groups -OCH3 is 1. The fourth-order valence-electron chi connectivity index (χ4n) is 3.41. The van der Waals surface area contributed by atoms with Crippen LogP contribution in [0.2, 0.25) is 0 Å². The van der Waals surface area contributed by atoms with Crippen LogP contribution in [0.5, 0.6) is 0 Å². The number of hydrogen-bond acceptors (Lipinski definition) is 6. The molecule has 1 saturated heterocycles. The Balaban J connectivity index is 0.000000213. The highest BCUT2D eigenvalue weighted by molar-refractivity contribution is 5.85. The van der Waals surface area contributed by atoms with Crippen LogP contribution in [0.15, 0.2) is 60.8 Å². The second kappa shape index (κ2) is 15.0. The van der Waals surface area contributed by atoms with Gasteiger partial charge in [0.2, 0.25) is 6.41 Å². The van der Waals surface area contributed by atoms with Crippen LogP contribution < -0.4 is 5.32 Å². The minimum Gasteiger partial charge on any atom is -0.468 e. The van der Waals surface area contributed by atoms with E-state index >= 15 is 0 Å². The van der Waals surface area contributed by atoms with Crippen molar-refractivity contribution in [3.8, 4) is 0 Å². The van der Waals surface area contributed by atoms with Crippen molar-refractivity contribution < 1.29 is 28.7 Å². The third kappa shape index (κ3) is 9.25. The zero-order valence-corrected chi connectivity index (χ0v) is 20.9. The molecule has 2 aromatic carbocycles. The van der Waals surface area contributed by atoms with Gasteiger partial charge >= 0.3 is 12.1 Å². The Kier molecular flexibility index (Phi) is 11.7. The van der Waals surface area contributed by atoms with E-state index in [1.807, 2.05) is 49.5 Å². The molecule has 9 nitrogen and oxygen atoms in total. The third-order valence-corrected chi connectivity index (χ3v) is 5.51. The number of aromatic nitrogens is 1. The van der Waals surface area contributed by atoms with Crippen LogP contribution >= 0.6 is 0 Å². The second-order valence-corrected chi connectivity index (χ2v) is 8.19. The number of hydrogen-bond donors (Lipinski definition) is 2. The van der Waals surface area contributed by atoms with Gasteiger partial charge in [0.15, 0.2) is 5.78 Å². The molecule has 36 heavy (non-hydrogen) atoms. The Morgan fingerprint density at radius 1 is 1.14 bits per heavy atom. The summed E-state index contributed by atoms with van der Waals surface area (Å²) in [5.74, 6) is -0.345. The van der Waals surface area contributed by atoms with Gasteiger partial charge in [-0.2, -0.15) is 0 Å². The smallest absolute Gasteiger partial charge is 0.410 e. The van der Waals surface area contributed by atoms with Gasteiger partial charge in [-0.05, 0) is 37.5 Å². The van der Waals surface area contributed by atoms with Crippen molar-refractivity contribution in [1.29, 1.82) is 0 Å². The number of esters is 1. The number of carbonyl (C=O) groups is 4. The number of aromatic amines is 1. The quantitative estimate of drug-likeness (QED) is 0.411. The molecule has 4 rings (SSSR count). The summed E-state index contributed by atoms with van der Waals surface area (Å²) in [5, 5.41) is 3.47. The molecule has 1 aromatic heterocycles. The number of Topliss-reactive ketones (excluding diaryl/α,β-unsaturated/α-hetero) is 1. The predicted octanol–water partition coefficient (Wildman–Crippen LogP) is 3.76. The summed E-state index contributed by atoms with van der Waals surface area (Å²) in [7, 11) is 1.26. The van der Waals surface area contributed by atoms with E-state index < -0.39 is 12.1 Å². The molecule has 0 radical (unpaired) electrons. The number of para-hydroxylation sites is 1. The van der Waals surface area contributed by atoms with E-state index in [1.54, 1.807) is 0 Å². The number of nitrogens with one attached hydrogen (secondary N) is 2. The Morgan fingerprint density at radius 2 is 1.83 bits per heavy atom. The number of carbonyl (C=O) groups excluding carboxylic acids is 4. The summed E-state index contributed by atoms with van der Waals surface area (Å²) in [5.41, 5.74) is 3.48. The van der Waals surface area contributed by atoms with Crippen LogP contribution in [0.1, 0.15) is 30.9 Å². The van der Waals surface area contributed by atoms with Gasteiger partial charge in [0, 0.05) is 29.6 Å². The fraction of sp³-hybridized carbons (Fsp3) is 0.333. The molecule has 1 fully saturated rings. The molecule has 0 spiro atoms. The van der Waals surface area contributed by atoms with Gasteiger partial charge in [-0.3, -0.25) is 19.3 Å². The summed E-state index contributed by atoms with van der Waals surface area (Å²) in [4.78, 5) is 47.6. The SMILES string of the molecule is CC1CCC(=O)CN1C(=O)OCc1ccccc1.COC(=O)CNC=O.Cc1c[nH]c2ccccc12. The lowest BCUT2D eigenvalue weighted by Gasteiger charge is -2.31. The van der Waals surface area contributed by atoms with Crippen LogP contribution in [-0.2, 0) is 30.5 Å². The Labute approximate surface area is 210 Å². The molecule has 0 bridgehead atoms. The minimum atomic E-state index is -0.447. The molecule has 1 aliphatic rings. The molecule has 2 heterocycles. The number of ether oxygens (including phenoxy) is 2. The van der Waals surface area contributed by atoms with Crippen molar-refractivity contribution in [2.24, 2.45) is 0 Å². The number of ketones is 1. The van der Waals surface area contributed by atoms with Crippen molar-refractivity contribution in [3.63, 3.8) is 0 Å². The molecule has 1 aliphatic heterocycles. The summed E-state index contributed by atoms with van der Waals surface area (Å²) in [6.45, 7) is 4.42. The van der Waals surface area contributed by atoms with Crippen LogP contribution in [0.25, 0.3) is 10.9 Å². The largest absolute Gasteiger partial charge is 0.468 e. The minimum absolute atomic E-state index is 0.0556. The molecule has 2 N–H and O–H groups in total. The maximum Gasteiger partial charge on any atom is 0.410 e. The third-order valence-electron chi connectivity index (χ3n) is 5.51. The summed E-state index contributed by atoms with van der Waals surface area (Å²) < 4.78 is 9.41. The first kappa shape index (κ1) is 28.1. The lowest BCUT2D eigenvalue weighted by molar-refractivity contribution is -0.140. The van der Waals surface area contributed by atoms with E-state index in [1.165, 1.54) is 28.5 Å². The molecule has 1 unspecified atom stereocenters. The zero-order chi connectivity index (χ0) is 26.3. The maximum absolute atomic E-state index is 11.9. The van der Waals surface area contributed by atoms with Gasteiger partial charge in [-0.25, -0.2) is 4.79 Å². The molecule has 9 heteroatoms. The van der Waals surface area contributed by atoms with Crippen molar-refractivity contribution >= 4 is 35.2 Å². The number of rotatable bonds is 5. The number of likely N-dealkylation sites (tertiary alicyclic amines) is 1. The predicted molar refractivity (Wildman–Crippen MR) is 136 cm³/mol. The summed E-state index contributed by atoms with van der Waals surface area (Å²) in [6.07, 6.45) is 3.35. The number of H-pyrrole nitrogens is 1. The van der Waals surface area contributed by atoms with Crippen molar-refractivity contribution in [2.75, 3.05) is 20.2 Å². The zero-order valence-electron chi connectivity index (χ0n) is 20.9. The number of fused-ring (bicyclic) bond motifs is 1. The lowest BCUT2D eigenvalue weighted by atomic mass is 10.0. The highest BCUT2D eigenvalue weighted by atomic mass is 16.6. The highest BCUT2D eigenvalue weighted by Gasteiger charge is 2.28. The maximum atomic E-state index is 11.9. The van der Waals surface area contributed by atoms with Crippen LogP contribution in [0, 0.1) is 6.92 Å². The molecular weight excluding hydrogens is 462 g/mol. The summed E-state index contributed by atoms with van der Waals surface area (Å²) >= 11 is 0. The van der Waals surface area contributed by atoms with Crippen LogP contribution in [0.4, 0.5) is 4.79 Å². The number of nitrogens with zero attached hydrogens (tertiary/aromatic N) is 1. The highest BCUT2D eigenvalue weighted by Crippen LogP contribution is 2.16. The second-order valence-electron chi connectivity index (χ2n) is 8.19. The van der Waals surface area contributed by atoms with Gasteiger partial charge in [-0.1, -0.05) is 48.5 Å². The van der Waals surface area contributed by atoms with E-state index in [0.29, 0.717) is 12.8 Å². The van der Waals surface area contributed by atoms with E-state index in [2.05, 4.69) is 40.2 Å². The van der Waals surface area contributed by atoms with E-state index in [9.17, 15) is 19.2 Å². The Morgan fingerprint density at radius 3 is 2.50 bits per heavy atom. The Bertz CT molecular complexity index is 1130. The molecule has 192 valence electrons. The summed E-state index contributed by atoms with van der Waals surface area (Å²) in [6, 6.07) is 17.9. The van der Waals surface area contributed by atoms with E-state index in [0.717, 1.165) is 12.0 Å². The van der Waals surface area contributed by atoms with Crippen molar-refractivity contribution in [3.05, 3.63) is 71.9 Å². The van der Waals surface area contributed by atoms with Gasteiger partial charge in [0.05, 0.1) is 13.7 Å². The molecular formula is C27H33N3O6. The first-order valence-corrected chi connectivity index (χ1v) is 11.6. The number of benzene rings is 2. The normalized spacial score (nSPS) is 14.5. The van der Waals surface area contributed by atoms with E-state index in [4.69, 9.17) is 4.74 Å². The number of amides is 2. The van der Waals surface area contributed by atoms with Gasteiger partial charge in [-0.15, -0.1) is 0 Å². The van der Waals surface area contributed by atoms with Crippen molar-refractivity contribution in [2.45, 2.75) is 39.3 Å². The van der Waals surface area contributed by atoms with Gasteiger partial charge in [0.1, 0.15) is 13.2 Å². The van der Waals surface area contributed by atoms with Crippen molar-refractivity contribution in [1.82, 2.24) is 15.2 Å². The average Bonchev–Trinajstić information content (AvgIpc) is 3.29. The number of aryl methyl sites for hydroxylation is 1. The average molecular weight is 496 g/mol. The van der Waals surface area contributed by atoms with Crippen LogP contribution in [0.3, 0.4) is 0 Å². The van der Waals surface area contributed by atoms with Crippen LogP contribution in [-0.4, -0.2) is 60.4 Å². The number of piperidine rings is 1. The van der Waals surface area contributed by atoms with Gasteiger partial charge in [0.25, 0.3) is 0 Å². The topological polar surface area (TPSA) is 118 Å². The van der Waals surface area contributed by atoms with E-state index in [-0.39, 0.29) is 31.5 Å². The first-order valence-electron chi connectivity index (χ1n) is 11.6. The first-order chi connectivity index (χ1) is 17.3. The van der Waals surface area contributed by atoms with Gasteiger partial charge < -0.3 is 19.8 Å². The standard InChI is InChI=1S/C14H17NO3.C9H9N.C4H7NO3/c1-11-7-8-13(16)9-15(11)14(17)18-10-12-5-3-2-4-6-12;1-7-6-10-9-5-3-2-4-8(7)9;1-8-4(7)2-5-3-6/h2-6,11H,7-10H2,1H3;2-6,10H,1H3;3H,2H2,1H3,(H,5,6). The molecule has 3 aromatic rings. The fourth-order valence-corrected chi connectivity index (χ4v) is 3.41. The Hall–Kier alpha value is -4.14. The lowest BCUT2D eigenvalue weighted by Crippen LogP contribution is -2.45.